The molecule has 1 aliphatic rings. The highest BCUT2D eigenvalue weighted by atomic mass is 16.5. The van der Waals surface area contributed by atoms with Gasteiger partial charge in [0.15, 0.2) is 0 Å². The number of hydrogen-bond acceptors (Lipinski definition) is 12. The molecule has 0 bridgehead atoms. The number of carbonyl (C=O) groups is 6. The van der Waals surface area contributed by atoms with Gasteiger partial charge in [0.1, 0.15) is 39.3 Å². The minimum Gasteiger partial charge on any atom is -0.375 e. The molecule has 1 heterocycles. The van der Waals surface area contributed by atoms with Crippen LogP contribution in [-0.2, 0) is 96.8 Å². The monoisotopic (exact) mass is 1150 g/mol. The molecule has 6 amide bonds. The molecule has 1 fully saturated rings. The Morgan fingerprint density at radius 1 is 0.286 bits per heavy atom. The third-order valence-electron chi connectivity index (χ3n) is 13.8. The SMILES string of the molecule is O=C(CN1CC(=O)N(CC(=O)N(CCOCc2ccccc2)CCOCc2ccccc2)CC(=O)N(CC(=O)N(CCOCc2ccccc2)CCOCc2ccccc2)CC1=O)N(CCOCc1ccccc1)CCOCc1ccccc1. The van der Waals surface area contributed by atoms with Crippen LogP contribution in [0.5, 0.6) is 0 Å². The summed E-state index contributed by atoms with van der Waals surface area (Å²) < 4.78 is 35.9. The molecule has 0 unspecified atom stereocenters. The number of nitrogens with zero attached hydrogens (tertiary/aromatic N) is 6. The largest absolute Gasteiger partial charge is 0.375 e. The van der Waals surface area contributed by atoms with Crippen LogP contribution in [0, 0.1) is 0 Å². The second kappa shape index (κ2) is 36.5. The van der Waals surface area contributed by atoms with E-state index in [1.165, 1.54) is 14.7 Å². The molecule has 1 saturated heterocycles. The highest BCUT2D eigenvalue weighted by Gasteiger charge is 2.35. The average Bonchev–Trinajstić information content (AvgIpc) is 3.83. The first-order valence-electron chi connectivity index (χ1n) is 28.5. The molecule has 0 spiro atoms. The van der Waals surface area contributed by atoms with Gasteiger partial charge in [-0.15, -0.1) is 0 Å². The fourth-order valence-electron chi connectivity index (χ4n) is 8.99. The molecule has 6 aromatic rings. The van der Waals surface area contributed by atoms with Gasteiger partial charge in [-0.05, 0) is 33.4 Å². The zero-order valence-corrected chi connectivity index (χ0v) is 47.9. The van der Waals surface area contributed by atoms with Gasteiger partial charge in [0.2, 0.25) is 35.4 Å². The Balaban J connectivity index is 1.09. The Morgan fingerprint density at radius 2 is 0.452 bits per heavy atom. The van der Waals surface area contributed by atoms with Gasteiger partial charge in [-0.25, -0.2) is 0 Å². The lowest BCUT2D eigenvalue weighted by Crippen LogP contribution is -2.51. The van der Waals surface area contributed by atoms with E-state index in [0.29, 0.717) is 39.6 Å². The molecule has 0 saturated carbocycles. The van der Waals surface area contributed by atoms with Crippen molar-refractivity contribution in [2.45, 2.75) is 39.6 Å². The number of amides is 6. The predicted molar refractivity (Wildman–Crippen MR) is 316 cm³/mol. The van der Waals surface area contributed by atoms with Gasteiger partial charge in [-0.1, -0.05) is 182 Å². The molecule has 84 heavy (non-hydrogen) atoms. The van der Waals surface area contributed by atoms with Gasteiger partial charge in [0, 0.05) is 39.3 Å². The molecule has 18 nitrogen and oxygen atoms in total. The molecule has 0 N–H and O–H groups in total. The van der Waals surface area contributed by atoms with Gasteiger partial charge < -0.3 is 57.8 Å². The molecule has 444 valence electrons. The summed E-state index contributed by atoms with van der Waals surface area (Å²) in [6, 6.07) is 57.7. The van der Waals surface area contributed by atoms with Crippen molar-refractivity contribution in [2.24, 2.45) is 0 Å². The van der Waals surface area contributed by atoms with Crippen LogP contribution in [0.3, 0.4) is 0 Å². The summed E-state index contributed by atoms with van der Waals surface area (Å²) in [6.07, 6.45) is 0. The van der Waals surface area contributed by atoms with Crippen molar-refractivity contribution in [3.63, 3.8) is 0 Å². The van der Waals surface area contributed by atoms with E-state index in [1.807, 2.05) is 182 Å². The van der Waals surface area contributed by atoms with Gasteiger partial charge in [0.25, 0.3) is 0 Å². The van der Waals surface area contributed by atoms with E-state index in [9.17, 15) is 28.8 Å². The Hall–Kier alpha value is -8.10. The van der Waals surface area contributed by atoms with E-state index in [4.69, 9.17) is 28.4 Å². The van der Waals surface area contributed by atoms with Crippen molar-refractivity contribution in [1.29, 1.82) is 0 Å². The minimum atomic E-state index is -0.747. The summed E-state index contributed by atoms with van der Waals surface area (Å²) in [5.41, 5.74) is 5.72. The second-order valence-corrected chi connectivity index (χ2v) is 20.1. The Morgan fingerprint density at radius 3 is 0.619 bits per heavy atom. The molecule has 0 atom stereocenters. The highest BCUT2D eigenvalue weighted by Crippen LogP contribution is 2.12. The topological polar surface area (TPSA) is 177 Å². The summed E-state index contributed by atoms with van der Waals surface area (Å²) in [5.74, 6) is -3.76. The maximum absolute atomic E-state index is 14.7. The van der Waals surface area contributed by atoms with Crippen LogP contribution in [0.1, 0.15) is 33.4 Å². The van der Waals surface area contributed by atoms with Crippen LogP contribution >= 0.6 is 0 Å². The van der Waals surface area contributed by atoms with E-state index in [1.54, 1.807) is 0 Å². The summed E-state index contributed by atoms with van der Waals surface area (Å²) in [4.78, 5) is 95.4. The van der Waals surface area contributed by atoms with E-state index in [2.05, 4.69) is 0 Å². The third kappa shape index (κ3) is 23.3. The van der Waals surface area contributed by atoms with Crippen molar-refractivity contribution >= 4 is 35.4 Å². The number of hydrogen-bond donors (Lipinski definition) is 0. The Bertz CT molecular complexity index is 2420. The summed E-state index contributed by atoms with van der Waals surface area (Å²) in [5, 5.41) is 0. The first kappa shape index (κ1) is 63.5. The zero-order chi connectivity index (χ0) is 58.8. The van der Waals surface area contributed by atoms with Gasteiger partial charge in [-0.3, -0.25) is 28.8 Å². The van der Waals surface area contributed by atoms with Crippen molar-refractivity contribution < 1.29 is 57.2 Å². The first-order valence-corrected chi connectivity index (χ1v) is 28.5. The maximum Gasteiger partial charge on any atom is 0.243 e. The Labute approximate surface area is 493 Å². The highest BCUT2D eigenvalue weighted by molar-refractivity contribution is 5.97. The van der Waals surface area contributed by atoms with Gasteiger partial charge in [0.05, 0.1) is 79.3 Å². The summed E-state index contributed by atoms with van der Waals surface area (Å²) in [7, 11) is 0. The molecule has 1 aliphatic heterocycles. The summed E-state index contributed by atoms with van der Waals surface area (Å²) in [6.45, 7) is -0.0216. The molecule has 6 aromatic carbocycles. The molecular weight excluding hydrogens is 1070 g/mol. The van der Waals surface area contributed by atoms with E-state index in [-0.39, 0.29) is 78.9 Å². The lowest BCUT2D eigenvalue weighted by Gasteiger charge is -2.29. The maximum atomic E-state index is 14.7. The lowest BCUT2D eigenvalue weighted by atomic mass is 10.2. The standard InChI is InChI=1S/C66H78N6O12/c73-61(67(31-37-79-49-55-19-7-1-8-20-55)32-38-80-50-56-21-9-2-10-22-56)43-70-46-65(77)72(45-63(75)69(35-41-83-53-59-27-15-5-16-28-59)36-42-84-54-60-29-17-6-18-30-60)48-66(78)71(47-64(70)76)44-62(74)68(33-39-81-51-57-23-11-3-12-24-57)34-40-82-52-58-25-13-4-14-26-58/h1-30H,31-54H2. The third-order valence-corrected chi connectivity index (χ3v) is 13.8. The minimum absolute atomic E-state index is 0.135. The van der Waals surface area contributed by atoms with Crippen LogP contribution in [0.2, 0.25) is 0 Å². The zero-order valence-electron chi connectivity index (χ0n) is 47.9. The number of rotatable bonds is 36. The average molecular weight is 1150 g/mol. The number of ether oxygens (including phenoxy) is 6. The Kier molecular flexibility index (Phi) is 27.6. The smallest absolute Gasteiger partial charge is 0.243 e. The van der Waals surface area contributed by atoms with Crippen LogP contribution in [-0.4, -0.2) is 183 Å². The molecule has 0 radical (unpaired) electrons. The summed E-state index contributed by atoms with van der Waals surface area (Å²) >= 11 is 0. The van der Waals surface area contributed by atoms with Crippen molar-refractivity contribution in [2.75, 3.05) is 118 Å². The van der Waals surface area contributed by atoms with Crippen LogP contribution in [0.25, 0.3) is 0 Å². The van der Waals surface area contributed by atoms with Crippen molar-refractivity contribution in [1.82, 2.24) is 29.4 Å². The molecule has 0 aromatic heterocycles. The number of carbonyl (C=O) groups excluding carboxylic acids is 6. The van der Waals surface area contributed by atoms with Crippen molar-refractivity contribution in [3.8, 4) is 0 Å². The van der Waals surface area contributed by atoms with Gasteiger partial charge >= 0.3 is 0 Å². The van der Waals surface area contributed by atoms with E-state index >= 15 is 0 Å². The van der Waals surface area contributed by atoms with Crippen molar-refractivity contribution in [3.05, 3.63) is 215 Å². The first-order chi connectivity index (χ1) is 41.2. The lowest BCUT2D eigenvalue weighted by molar-refractivity contribution is -0.147. The van der Waals surface area contributed by atoms with E-state index in [0.717, 1.165) is 48.1 Å². The van der Waals surface area contributed by atoms with Gasteiger partial charge in [-0.2, -0.15) is 0 Å². The van der Waals surface area contributed by atoms with Crippen LogP contribution < -0.4 is 0 Å². The normalized spacial score (nSPS) is 12.9. The molecule has 18 heteroatoms. The molecular formula is C66H78N6O12. The fraction of sp³-hybridized carbons (Fsp3) is 0.364. The molecule has 0 aliphatic carbocycles. The van der Waals surface area contributed by atoms with Crippen LogP contribution in [0.15, 0.2) is 182 Å². The van der Waals surface area contributed by atoms with E-state index < -0.39 is 74.7 Å². The van der Waals surface area contributed by atoms with Crippen LogP contribution in [0.4, 0.5) is 0 Å². The number of benzene rings is 6. The molecule has 7 rings (SSSR count). The fourth-order valence-corrected chi connectivity index (χ4v) is 8.99. The predicted octanol–water partition coefficient (Wildman–Crippen LogP) is 6.27. The second-order valence-electron chi connectivity index (χ2n) is 20.1. The quantitative estimate of drug-likeness (QED) is 0.0404.